The van der Waals surface area contributed by atoms with Crippen molar-refractivity contribution in [2.75, 3.05) is 13.2 Å². The first-order valence-corrected chi connectivity index (χ1v) is 5.40. The van der Waals surface area contributed by atoms with Gasteiger partial charge in [-0.2, -0.15) is 0 Å². The number of ether oxygens (including phenoxy) is 1. The number of aliphatic hydroxyl groups is 2. The largest absolute Gasteiger partial charge is 0.390 e. The lowest BCUT2D eigenvalue weighted by Gasteiger charge is -2.32. The van der Waals surface area contributed by atoms with Crippen LogP contribution in [-0.2, 0) is 4.74 Å². The van der Waals surface area contributed by atoms with E-state index in [4.69, 9.17) is 9.84 Å². The number of carbonyl (C=O) groups excluding carboxylic acids is 1. The summed E-state index contributed by atoms with van der Waals surface area (Å²) in [6.07, 6.45) is -1.08. The van der Waals surface area contributed by atoms with E-state index in [9.17, 15) is 18.7 Å². The summed E-state index contributed by atoms with van der Waals surface area (Å²) >= 11 is 0. The number of hydrogen-bond donors (Lipinski definition) is 3. The third kappa shape index (κ3) is 1.76. The molecule has 1 fully saturated rings. The first-order chi connectivity index (χ1) is 8.33. The Bertz CT molecular complexity index is 390. The average Bonchev–Trinajstić information content (AvgIpc) is 2.52. The molecule has 0 aromatic carbocycles. The Balaban J connectivity index is 2.31. The average molecular weight is 264 g/mol. The van der Waals surface area contributed by atoms with Crippen LogP contribution in [0.3, 0.4) is 0 Å². The minimum absolute atomic E-state index is 0.272. The second-order valence-electron chi connectivity index (χ2n) is 4.45. The van der Waals surface area contributed by atoms with Crippen molar-refractivity contribution in [3.05, 3.63) is 12.3 Å². The van der Waals surface area contributed by atoms with Crippen molar-refractivity contribution >= 4 is 6.03 Å². The molecule has 6 nitrogen and oxygen atoms in total. The van der Waals surface area contributed by atoms with Crippen molar-refractivity contribution < 1.29 is 28.5 Å². The molecule has 3 N–H and O–H groups in total. The number of hydrogen-bond acceptors (Lipinski definition) is 4. The molecular formula is C10H14F2N2O4. The fourth-order valence-electron chi connectivity index (χ4n) is 2.03. The van der Waals surface area contributed by atoms with Crippen LogP contribution in [0.15, 0.2) is 12.3 Å². The third-order valence-electron chi connectivity index (χ3n) is 3.07. The van der Waals surface area contributed by atoms with E-state index in [-0.39, 0.29) is 6.54 Å². The van der Waals surface area contributed by atoms with Gasteiger partial charge in [0.2, 0.25) is 0 Å². The lowest BCUT2D eigenvalue weighted by molar-refractivity contribution is -0.208. The van der Waals surface area contributed by atoms with Crippen molar-refractivity contribution in [1.82, 2.24) is 10.2 Å². The van der Waals surface area contributed by atoms with Crippen molar-refractivity contribution in [2.45, 2.75) is 30.8 Å². The van der Waals surface area contributed by atoms with Gasteiger partial charge < -0.3 is 20.3 Å². The molecule has 18 heavy (non-hydrogen) atoms. The lowest BCUT2D eigenvalue weighted by Crippen LogP contribution is -2.54. The Morgan fingerprint density at radius 1 is 1.67 bits per heavy atom. The second-order valence-corrected chi connectivity index (χ2v) is 4.45. The van der Waals surface area contributed by atoms with Crippen molar-refractivity contribution in [3.63, 3.8) is 0 Å². The van der Waals surface area contributed by atoms with Gasteiger partial charge in [0, 0.05) is 12.7 Å². The molecule has 2 aliphatic rings. The van der Waals surface area contributed by atoms with Gasteiger partial charge in [0.15, 0.2) is 18.0 Å². The quantitative estimate of drug-likeness (QED) is 0.635. The number of carbonyl (C=O) groups is 1. The van der Waals surface area contributed by atoms with E-state index in [2.05, 4.69) is 5.32 Å². The molecule has 0 bridgehead atoms. The monoisotopic (exact) mass is 264 g/mol. The van der Waals surface area contributed by atoms with E-state index in [1.54, 1.807) is 0 Å². The van der Waals surface area contributed by atoms with Crippen molar-refractivity contribution in [2.24, 2.45) is 0 Å². The van der Waals surface area contributed by atoms with Crippen LogP contribution in [0.2, 0.25) is 0 Å². The zero-order chi connectivity index (χ0) is 13.6. The third-order valence-corrected chi connectivity index (χ3v) is 3.07. The maximum Gasteiger partial charge on any atom is 0.323 e. The van der Waals surface area contributed by atoms with Crippen LogP contribution in [0.25, 0.3) is 0 Å². The van der Waals surface area contributed by atoms with E-state index >= 15 is 0 Å². The number of aliphatic hydroxyl groups excluding tert-OH is 2. The van der Waals surface area contributed by atoms with E-state index in [1.807, 2.05) is 0 Å². The summed E-state index contributed by atoms with van der Waals surface area (Å²) in [6, 6.07) is -0.666. The Labute approximate surface area is 102 Å². The number of nitrogens with zero attached hydrogens (tertiary/aromatic N) is 1. The van der Waals surface area contributed by atoms with Crippen LogP contribution in [-0.4, -0.2) is 58.2 Å². The van der Waals surface area contributed by atoms with Crippen LogP contribution < -0.4 is 5.32 Å². The highest BCUT2D eigenvalue weighted by Crippen LogP contribution is 2.43. The van der Waals surface area contributed by atoms with E-state index in [0.717, 1.165) is 11.8 Å². The molecule has 2 heterocycles. The fourth-order valence-corrected chi connectivity index (χ4v) is 2.03. The minimum atomic E-state index is -2.93. The van der Waals surface area contributed by atoms with Gasteiger partial charge in [0.1, 0.15) is 6.61 Å². The molecule has 0 spiro atoms. The molecule has 0 unspecified atom stereocenters. The molecular weight excluding hydrogens is 250 g/mol. The van der Waals surface area contributed by atoms with Gasteiger partial charge in [-0.1, -0.05) is 0 Å². The Morgan fingerprint density at radius 3 is 2.83 bits per heavy atom. The van der Waals surface area contributed by atoms with Crippen LogP contribution in [0.5, 0.6) is 0 Å². The summed E-state index contributed by atoms with van der Waals surface area (Å²) in [5.41, 5.74) is -2.55. The molecule has 4 atom stereocenters. The van der Waals surface area contributed by atoms with Crippen molar-refractivity contribution in [3.8, 4) is 0 Å². The SMILES string of the molecule is C[C@]1(F)[C@H](N2C=CCNC2=O)O[C@](F)(CO)[C@H]1O. The summed E-state index contributed by atoms with van der Waals surface area (Å²) in [5, 5.41) is 20.8. The fraction of sp³-hybridized carbons (Fsp3) is 0.700. The number of rotatable bonds is 2. The van der Waals surface area contributed by atoms with Gasteiger partial charge in [-0.15, -0.1) is 0 Å². The Kier molecular flexibility index (Phi) is 3.04. The zero-order valence-corrected chi connectivity index (χ0v) is 9.64. The maximum absolute atomic E-state index is 14.3. The first kappa shape index (κ1) is 13.2. The number of halogens is 2. The summed E-state index contributed by atoms with van der Waals surface area (Å²) < 4.78 is 33.0. The number of alkyl halides is 2. The topological polar surface area (TPSA) is 82.0 Å². The Morgan fingerprint density at radius 2 is 2.33 bits per heavy atom. The van der Waals surface area contributed by atoms with Gasteiger partial charge in [-0.25, -0.2) is 13.6 Å². The lowest BCUT2D eigenvalue weighted by atomic mass is 9.97. The summed E-state index contributed by atoms with van der Waals surface area (Å²) in [7, 11) is 0. The van der Waals surface area contributed by atoms with Gasteiger partial charge in [0.05, 0.1) is 0 Å². The molecule has 0 aromatic heterocycles. The van der Waals surface area contributed by atoms with Crippen LogP contribution in [0, 0.1) is 0 Å². The number of amides is 2. The van der Waals surface area contributed by atoms with E-state index < -0.39 is 36.5 Å². The molecule has 2 rings (SSSR count). The molecule has 2 amide bonds. The predicted molar refractivity (Wildman–Crippen MR) is 55.7 cm³/mol. The summed E-state index contributed by atoms with van der Waals surface area (Å²) in [4.78, 5) is 12.3. The smallest absolute Gasteiger partial charge is 0.323 e. The standard InChI is InChI=1S/C10H14F2N2O4/c1-9(11)6(16)10(12,5-15)18-7(9)14-4-2-3-13-8(14)17/h2,4,6-7,15-16H,3,5H2,1H3,(H,13,17)/t6-,7+,9+,10+/m0/s1. The van der Waals surface area contributed by atoms with Crippen molar-refractivity contribution in [1.29, 1.82) is 0 Å². The van der Waals surface area contributed by atoms with Gasteiger partial charge in [-0.3, -0.25) is 4.90 Å². The molecule has 2 aliphatic heterocycles. The van der Waals surface area contributed by atoms with Crippen LogP contribution >= 0.6 is 0 Å². The van der Waals surface area contributed by atoms with E-state index in [0.29, 0.717) is 0 Å². The molecule has 8 heteroatoms. The maximum atomic E-state index is 14.3. The minimum Gasteiger partial charge on any atom is -0.390 e. The molecule has 1 saturated heterocycles. The highest BCUT2D eigenvalue weighted by atomic mass is 19.2. The Hall–Kier alpha value is -1.25. The summed E-state index contributed by atoms with van der Waals surface area (Å²) in [6.45, 7) is -0.0211. The summed E-state index contributed by atoms with van der Waals surface area (Å²) in [5.74, 6) is -2.93. The first-order valence-electron chi connectivity index (χ1n) is 5.40. The molecule has 0 saturated carbocycles. The van der Waals surface area contributed by atoms with Gasteiger partial charge >= 0.3 is 6.03 Å². The molecule has 0 aromatic rings. The van der Waals surface area contributed by atoms with Crippen LogP contribution in [0.1, 0.15) is 6.92 Å². The zero-order valence-electron chi connectivity index (χ0n) is 9.64. The van der Waals surface area contributed by atoms with Gasteiger partial charge in [-0.05, 0) is 13.0 Å². The molecule has 0 aliphatic carbocycles. The highest BCUT2D eigenvalue weighted by Gasteiger charge is 2.65. The molecule has 102 valence electrons. The van der Waals surface area contributed by atoms with E-state index in [1.165, 1.54) is 12.3 Å². The van der Waals surface area contributed by atoms with Crippen LogP contribution in [0.4, 0.5) is 13.6 Å². The molecule has 0 radical (unpaired) electrons. The second kappa shape index (κ2) is 4.15. The normalized spacial score (nSPS) is 44.3. The number of urea groups is 1. The predicted octanol–water partition coefficient (Wildman–Crippen LogP) is -0.371. The van der Waals surface area contributed by atoms with Gasteiger partial charge in [0.25, 0.3) is 5.85 Å². The highest BCUT2D eigenvalue weighted by molar-refractivity contribution is 5.76. The number of nitrogens with one attached hydrogen (secondary N) is 1.